The van der Waals surface area contributed by atoms with Crippen LogP contribution in [0.15, 0.2) is 461 Å². The van der Waals surface area contributed by atoms with E-state index in [1.165, 1.54) is 287 Å². The molecule has 0 nitrogen and oxygen atoms in total. The summed E-state index contributed by atoms with van der Waals surface area (Å²) in [5, 5.41) is 15.6. The van der Waals surface area contributed by atoms with Gasteiger partial charge >= 0.3 is 0 Å². The normalized spacial score (nSPS) is 14.6. The highest BCUT2D eigenvalue weighted by Gasteiger charge is 2.57. The zero-order chi connectivity index (χ0) is 85.8. The van der Waals surface area contributed by atoms with Crippen molar-refractivity contribution in [3.8, 4) is 134 Å². The Balaban J connectivity index is 0.000000124. The van der Waals surface area contributed by atoms with Crippen molar-refractivity contribution in [3.63, 3.8) is 0 Å². The van der Waals surface area contributed by atoms with Crippen LogP contribution in [0.5, 0.6) is 0 Å². The van der Waals surface area contributed by atoms with Crippen molar-refractivity contribution in [2.75, 3.05) is 0 Å². The first-order valence-electron chi connectivity index (χ1n) is 46.7. The molecule has 0 radical (unpaired) electrons. The highest BCUT2D eigenvalue weighted by Crippen LogP contribution is 2.69. The molecule has 24 aromatic carbocycles. The van der Waals surface area contributed by atoms with Crippen molar-refractivity contribution in [2.24, 2.45) is 0 Å². The van der Waals surface area contributed by atoms with E-state index < -0.39 is 0 Å². The summed E-state index contributed by atoms with van der Waals surface area (Å²) in [6.07, 6.45) is 0. The Morgan fingerprint density at radius 2 is 0.227 bits per heavy atom. The Morgan fingerprint density at radius 3 is 0.386 bits per heavy atom. The van der Waals surface area contributed by atoms with Crippen LogP contribution in [0.1, 0.15) is 89.0 Å². The van der Waals surface area contributed by atoms with Gasteiger partial charge in [0.15, 0.2) is 0 Å². The molecule has 0 amide bonds. The zero-order valence-corrected chi connectivity index (χ0v) is 71.9. The van der Waals surface area contributed by atoms with E-state index in [2.05, 4.69) is 461 Å². The van der Waals surface area contributed by atoms with Crippen LogP contribution >= 0.6 is 0 Å². The summed E-state index contributed by atoms with van der Waals surface area (Å²) < 4.78 is 0. The van der Waals surface area contributed by atoms with Gasteiger partial charge in [-0.3, -0.25) is 0 Å². The Hall–Kier alpha value is -16.6. The molecule has 0 fully saturated rings. The van der Waals surface area contributed by atoms with Crippen LogP contribution in [0, 0.1) is 0 Å². The van der Waals surface area contributed by atoms with E-state index in [0.717, 1.165) is 0 Å². The SMILES string of the molecule is c1ccc2c(c1)-c1ccccc1C21c2ccccc2-c2ccc(-c3ccc4ccc5c(-c6ccc7c(c6)C6(c8ccccc8-c8ccccc86)c6ccccc6-7)ccc6ccc3c4c65)cc21.c1ccc2c(c1)-c1ccccc1C21c2ccccc2-c2ccc(-c3ccc4ccc5c(-c6ccc7c(c6)C6(c8ccccc8-c8ccccc86)c6ccccc6-7)ccc6ccc3c4c65)cc21. The number of hydrogen-bond acceptors (Lipinski definition) is 0. The lowest BCUT2D eigenvalue weighted by molar-refractivity contribution is 0.794. The smallest absolute Gasteiger partial charge is 0.0619 e. The second kappa shape index (κ2) is 25.7. The van der Waals surface area contributed by atoms with Crippen molar-refractivity contribution in [1.82, 2.24) is 0 Å². The van der Waals surface area contributed by atoms with Gasteiger partial charge in [0, 0.05) is 0 Å². The van der Waals surface area contributed by atoms with Crippen LogP contribution < -0.4 is 0 Å². The number of benzene rings is 24. The van der Waals surface area contributed by atoms with Gasteiger partial charge in [-0.25, -0.2) is 0 Å². The monoisotopic (exact) mass is 1660 g/mol. The molecule has 604 valence electrons. The topological polar surface area (TPSA) is 0 Å². The molecule has 0 saturated carbocycles. The molecule has 0 saturated heterocycles. The predicted octanol–water partition coefficient (Wildman–Crippen LogP) is 33.2. The molecular weight excluding hydrogens is 1590 g/mol. The van der Waals surface area contributed by atoms with E-state index in [1.54, 1.807) is 0 Å². The molecule has 0 N–H and O–H groups in total. The standard InChI is InChI=1S/2C66H38/c2*1-7-19-55-45(13-1)46-14-2-8-20-56(46)65(55)59-23-11-5-17-49(59)51-33-29-41(37-61(51)65)43-31-25-39-28-36-54-44(32-26-40-27-35-53(43)63(39)64(40)54)42-30-34-52-50-18-6-12-24-60(50)66(62(52)38-42)57-21-9-3-15-47(57)48-16-4-10-22-58(48)66/h2*1-38H. The molecule has 24 aromatic rings. The summed E-state index contributed by atoms with van der Waals surface area (Å²) in [4.78, 5) is 0. The lowest BCUT2D eigenvalue weighted by Gasteiger charge is -2.30. The van der Waals surface area contributed by atoms with Crippen molar-refractivity contribution >= 4 is 64.6 Å². The van der Waals surface area contributed by atoms with Gasteiger partial charge in [0.1, 0.15) is 0 Å². The second-order valence-corrected chi connectivity index (χ2v) is 37.9. The molecule has 0 aliphatic heterocycles. The Morgan fingerprint density at radius 1 is 0.0985 bits per heavy atom. The van der Waals surface area contributed by atoms with Gasteiger partial charge in [0.25, 0.3) is 0 Å². The third-order valence-electron chi connectivity index (χ3n) is 32.6. The minimum Gasteiger partial charge on any atom is -0.0619 e. The molecule has 0 heterocycles. The van der Waals surface area contributed by atoms with E-state index in [9.17, 15) is 0 Å². The lowest BCUT2D eigenvalue weighted by atomic mass is 9.70. The van der Waals surface area contributed by atoms with E-state index in [1.807, 2.05) is 0 Å². The van der Waals surface area contributed by atoms with Crippen molar-refractivity contribution in [2.45, 2.75) is 21.7 Å². The third kappa shape index (κ3) is 8.62. The third-order valence-corrected chi connectivity index (χ3v) is 32.6. The fourth-order valence-electron chi connectivity index (χ4n) is 27.7. The van der Waals surface area contributed by atoms with Gasteiger partial charge < -0.3 is 0 Å². The first-order valence-corrected chi connectivity index (χ1v) is 46.7. The summed E-state index contributed by atoms with van der Waals surface area (Å²) in [5.74, 6) is 0. The number of rotatable bonds is 4. The summed E-state index contributed by atoms with van der Waals surface area (Å²) in [6, 6.07) is 176. The van der Waals surface area contributed by atoms with Gasteiger partial charge in [-0.1, -0.05) is 437 Å². The minimum absolute atomic E-state index is 0.383. The van der Waals surface area contributed by atoms with Gasteiger partial charge in [0.2, 0.25) is 0 Å². The molecule has 0 bridgehead atoms. The molecule has 4 spiro atoms. The number of fused-ring (bicyclic) bond motifs is 40. The molecular formula is C132H76. The van der Waals surface area contributed by atoms with Crippen LogP contribution in [0.4, 0.5) is 0 Å². The Labute approximate surface area is 764 Å². The van der Waals surface area contributed by atoms with Gasteiger partial charge in [0.05, 0.1) is 21.7 Å². The highest BCUT2D eigenvalue weighted by molar-refractivity contribution is 6.30. The summed E-state index contributed by atoms with van der Waals surface area (Å²) >= 11 is 0. The molecule has 132 heavy (non-hydrogen) atoms. The average molecular weight is 1660 g/mol. The van der Waals surface area contributed by atoms with Crippen LogP contribution in [0.2, 0.25) is 0 Å². The number of hydrogen-bond donors (Lipinski definition) is 0. The van der Waals surface area contributed by atoms with Crippen LogP contribution in [0.3, 0.4) is 0 Å². The first kappa shape index (κ1) is 71.4. The van der Waals surface area contributed by atoms with Crippen LogP contribution in [-0.4, -0.2) is 0 Å². The Bertz CT molecular complexity index is 7990. The Kier molecular flexibility index (Phi) is 13.9. The van der Waals surface area contributed by atoms with Crippen LogP contribution in [-0.2, 0) is 21.7 Å². The molecule has 0 aromatic heterocycles. The fourth-order valence-corrected chi connectivity index (χ4v) is 27.7. The maximum Gasteiger partial charge on any atom is 0.0725 e. The van der Waals surface area contributed by atoms with Gasteiger partial charge in [-0.2, -0.15) is 0 Å². The van der Waals surface area contributed by atoms with Crippen LogP contribution in [0.25, 0.3) is 198 Å². The van der Waals surface area contributed by atoms with Crippen molar-refractivity contribution in [3.05, 3.63) is 550 Å². The molecule has 8 aliphatic rings. The summed E-state index contributed by atoms with van der Waals surface area (Å²) in [7, 11) is 0. The highest BCUT2D eigenvalue weighted by atomic mass is 14.6. The lowest BCUT2D eigenvalue weighted by Crippen LogP contribution is -2.25. The minimum atomic E-state index is -0.383. The largest absolute Gasteiger partial charge is 0.0725 e. The van der Waals surface area contributed by atoms with Crippen molar-refractivity contribution in [1.29, 1.82) is 0 Å². The second-order valence-electron chi connectivity index (χ2n) is 37.9. The van der Waals surface area contributed by atoms with Crippen molar-refractivity contribution < 1.29 is 0 Å². The first-order chi connectivity index (χ1) is 65.5. The summed E-state index contributed by atoms with van der Waals surface area (Å²) in [6.45, 7) is 0. The van der Waals surface area contributed by atoms with Gasteiger partial charge in [-0.15, -0.1) is 0 Å². The van der Waals surface area contributed by atoms with E-state index in [0.29, 0.717) is 0 Å². The summed E-state index contributed by atoms with van der Waals surface area (Å²) in [5.41, 5.74) is 51.8. The van der Waals surface area contributed by atoms with E-state index in [4.69, 9.17) is 0 Å². The molecule has 0 atom stereocenters. The zero-order valence-electron chi connectivity index (χ0n) is 71.9. The predicted molar refractivity (Wildman–Crippen MR) is 547 cm³/mol. The van der Waals surface area contributed by atoms with Gasteiger partial charge in [-0.05, 0) is 311 Å². The quantitative estimate of drug-likeness (QED) is 0.154. The fraction of sp³-hybridized carbons (Fsp3) is 0.0303. The average Bonchev–Trinajstić information content (AvgIpc) is 1.51. The molecule has 0 heteroatoms. The molecule has 8 aliphatic carbocycles. The molecule has 0 unspecified atom stereocenters. The maximum absolute atomic E-state index is 2.53. The maximum atomic E-state index is 2.53. The van der Waals surface area contributed by atoms with E-state index in [-0.39, 0.29) is 21.7 Å². The van der Waals surface area contributed by atoms with E-state index >= 15 is 0 Å². The molecule has 32 rings (SSSR count).